The average Bonchev–Trinajstić information content (AvgIpc) is 3.27. The summed E-state index contributed by atoms with van der Waals surface area (Å²) >= 11 is 0. The highest BCUT2D eigenvalue weighted by Gasteiger charge is 2.36. The molecule has 0 aliphatic carbocycles. The predicted octanol–water partition coefficient (Wildman–Crippen LogP) is 4.38. The SMILES string of the molecule is CN[C@@H](C)C(=O)N[C@H](C(=O)N1CCC[C@H]1c1cccc(Oc2ccccc2)c1)C(C)C.[HH].[HH]. The Hall–Kier alpha value is -2.86. The first-order valence-electron chi connectivity index (χ1n) is 11.0. The topological polar surface area (TPSA) is 70.7 Å². The molecule has 0 unspecified atom stereocenters. The summed E-state index contributed by atoms with van der Waals surface area (Å²) in [6, 6.07) is 16.7. The molecule has 6 nitrogen and oxygen atoms in total. The molecule has 0 radical (unpaired) electrons. The van der Waals surface area contributed by atoms with Crippen molar-refractivity contribution >= 4 is 11.8 Å². The maximum atomic E-state index is 13.5. The van der Waals surface area contributed by atoms with Gasteiger partial charge in [0, 0.05) is 9.40 Å². The molecular formula is C25H37N3O3. The molecule has 1 heterocycles. The van der Waals surface area contributed by atoms with E-state index in [0.29, 0.717) is 6.54 Å². The van der Waals surface area contributed by atoms with Crippen molar-refractivity contribution in [1.82, 2.24) is 15.5 Å². The molecule has 3 rings (SSSR count). The minimum atomic E-state index is -0.548. The second kappa shape index (κ2) is 10.4. The van der Waals surface area contributed by atoms with Gasteiger partial charge in [-0.15, -0.1) is 0 Å². The van der Waals surface area contributed by atoms with Gasteiger partial charge in [-0.3, -0.25) is 9.59 Å². The lowest BCUT2D eigenvalue weighted by molar-refractivity contribution is -0.138. The van der Waals surface area contributed by atoms with Crippen LogP contribution in [0.15, 0.2) is 54.6 Å². The molecule has 0 aromatic heterocycles. The van der Waals surface area contributed by atoms with E-state index in [1.54, 1.807) is 14.0 Å². The standard InChI is InChI=1S/C25H33N3O3.2H2/c1-17(2)23(27-24(29)18(3)26-4)25(30)28-15-9-14-22(28)19-10-8-13-21(16-19)31-20-11-6-5-7-12-20;;/h5-8,10-13,16-18,22-23,26H,9,14-15H2,1-4H3,(H,27,29);2*1H/t18-,22-,23-;;/m0../s1. The van der Waals surface area contributed by atoms with Crippen LogP contribution in [-0.4, -0.2) is 42.4 Å². The maximum Gasteiger partial charge on any atom is 0.245 e. The summed E-state index contributed by atoms with van der Waals surface area (Å²) in [7, 11) is 1.73. The fraction of sp³-hybridized carbons (Fsp3) is 0.440. The van der Waals surface area contributed by atoms with Crippen LogP contribution in [0.25, 0.3) is 0 Å². The third kappa shape index (κ3) is 5.64. The lowest BCUT2D eigenvalue weighted by Crippen LogP contribution is -2.54. The van der Waals surface area contributed by atoms with Crippen LogP contribution in [0.2, 0.25) is 0 Å². The van der Waals surface area contributed by atoms with E-state index in [4.69, 9.17) is 4.74 Å². The maximum absolute atomic E-state index is 13.5. The van der Waals surface area contributed by atoms with Crippen molar-refractivity contribution in [2.75, 3.05) is 13.6 Å². The van der Waals surface area contributed by atoms with E-state index in [-0.39, 0.29) is 32.7 Å². The van der Waals surface area contributed by atoms with Crippen molar-refractivity contribution in [3.63, 3.8) is 0 Å². The Bertz CT molecular complexity index is 895. The molecule has 31 heavy (non-hydrogen) atoms. The van der Waals surface area contributed by atoms with Gasteiger partial charge in [-0.25, -0.2) is 0 Å². The fourth-order valence-corrected chi connectivity index (χ4v) is 3.89. The number of nitrogens with zero attached hydrogens (tertiary/aromatic N) is 1. The monoisotopic (exact) mass is 427 g/mol. The quantitative estimate of drug-likeness (QED) is 0.656. The van der Waals surface area contributed by atoms with Gasteiger partial charge in [0.25, 0.3) is 0 Å². The third-order valence-electron chi connectivity index (χ3n) is 5.81. The van der Waals surface area contributed by atoms with E-state index in [1.165, 1.54) is 0 Å². The molecule has 2 aromatic carbocycles. The van der Waals surface area contributed by atoms with Gasteiger partial charge >= 0.3 is 0 Å². The molecule has 6 heteroatoms. The van der Waals surface area contributed by atoms with Gasteiger partial charge < -0.3 is 20.3 Å². The van der Waals surface area contributed by atoms with Gasteiger partial charge in [-0.2, -0.15) is 0 Å². The van der Waals surface area contributed by atoms with Crippen LogP contribution in [0.5, 0.6) is 11.5 Å². The molecule has 0 bridgehead atoms. The van der Waals surface area contributed by atoms with E-state index in [1.807, 2.05) is 73.3 Å². The minimum Gasteiger partial charge on any atom is -0.457 e. The largest absolute Gasteiger partial charge is 0.457 e. The smallest absolute Gasteiger partial charge is 0.245 e. The normalized spacial score (nSPS) is 18.0. The van der Waals surface area contributed by atoms with Crippen molar-refractivity contribution in [1.29, 1.82) is 0 Å². The van der Waals surface area contributed by atoms with Crippen LogP contribution in [0, 0.1) is 5.92 Å². The zero-order chi connectivity index (χ0) is 22.4. The Morgan fingerprint density at radius 3 is 2.45 bits per heavy atom. The van der Waals surface area contributed by atoms with Gasteiger partial charge in [0.05, 0.1) is 12.1 Å². The van der Waals surface area contributed by atoms with E-state index >= 15 is 0 Å². The summed E-state index contributed by atoms with van der Waals surface area (Å²) in [4.78, 5) is 27.8. The Kier molecular flexibility index (Phi) is 7.69. The molecule has 1 aliphatic heterocycles. The van der Waals surface area contributed by atoms with Crippen LogP contribution in [0.1, 0.15) is 48.1 Å². The molecule has 0 saturated carbocycles. The molecule has 2 N–H and O–H groups in total. The van der Waals surface area contributed by atoms with Gasteiger partial charge in [0.15, 0.2) is 0 Å². The minimum absolute atomic E-state index is 0. The number of amides is 2. The van der Waals surface area contributed by atoms with Crippen molar-refractivity contribution in [3.05, 3.63) is 60.2 Å². The number of nitrogens with one attached hydrogen (secondary N) is 2. The number of para-hydroxylation sites is 1. The number of benzene rings is 2. The first-order chi connectivity index (χ1) is 14.9. The van der Waals surface area contributed by atoms with E-state index < -0.39 is 6.04 Å². The Balaban J connectivity index is 0.00000272. The number of carbonyl (C=O) groups excluding carboxylic acids is 2. The molecule has 170 valence electrons. The van der Waals surface area contributed by atoms with Gasteiger partial charge in [-0.1, -0.05) is 44.2 Å². The van der Waals surface area contributed by atoms with Crippen LogP contribution < -0.4 is 15.4 Å². The van der Waals surface area contributed by atoms with E-state index in [9.17, 15) is 9.59 Å². The van der Waals surface area contributed by atoms with E-state index in [2.05, 4.69) is 10.6 Å². The van der Waals surface area contributed by atoms with Crippen molar-refractivity contribution in [3.8, 4) is 11.5 Å². The first kappa shape index (κ1) is 22.8. The van der Waals surface area contributed by atoms with Crippen LogP contribution in [0.4, 0.5) is 0 Å². The van der Waals surface area contributed by atoms with Gasteiger partial charge in [0.2, 0.25) is 11.8 Å². The Labute approximate surface area is 187 Å². The molecular weight excluding hydrogens is 390 g/mol. The fourth-order valence-electron chi connectivity index (χ4n) is 3.89. The lowest BCUT2D eigenvalue weighted by atomic mass is 9.99. The van der Waals surface area contributed by atoms with Crippen molar-refractivity contribution in [2.24, 2.45) is 5.92 Å². The molecule has 0 spiro atoms. The van der Waals surface area contributed by atoms with Crippen molar-refractivity contribution in [2.45, 2.75) is 51.7 Å². The van der Waals surface area contributed by atoms with Crippen molar-refractivity contribution < 1.29 is 17.2 Å². The second-order valence-corrected chi connectivity index (χ2v) is 8.42. The third-order valence-corrected chi connectivity index (χ3v) is 5.81. The number of rotatable bonds is 8. The van der Waals surface area contributed by atoms with E-state index in [0.717, 1.165) is 29.9 Å². The number of hydrogen-bond donors (Lipinski definition) is 2. The molecule has 3 atom stereocenters. The highest BCUT2D eigenvalue weighted by atomic mass is 16.5. The molecule has 2 amide bonds. The van der Waals surface area contributed by atoms with Gasteiger partial charge in [-0.05, 0) is 62.6 Å². The van der Waals surface area contributed by atoms with Gasteiger partial charge in [0.1, 0.15) is 17.5 Å². The summed E-state index contributed by atoms with van der Waals surface area (Å²) < 4.78 is 5.98. The summed E-state index contributed by atoms with van der Waals surface area (Å²) in [5.41, 5.74) is 1.05. The molecule has 1 fully saturated rings. The molecule has 1 aliphatic rings. The van der Waals surface area contributed by atoms with Crippen LogP contribution in [0.3, 0.4) is 0 Å². The van der Waals surface area contributed by atoms with Crippen LogP contribution in [-0.2, 0) is 9.59 Å². The Morgan fingerprint density at radius 2 is 1.77 bits per heavy atom. The van der Waals surface area contributed by atoms with Crippen LogP contribution >= 0.6 is 0 Å². The number of ether oxygens (including phenoxy) is 1. The highest BCUT2D eigenvalue weighted by Crippen LogP contribution is 2.35. The number of carbonyl (C=O) groups is 2. The number of hydrogen-bond acceptors (Lipinski definition) is 4. The highest BCUT2D eigenvalue weighted by molar-refractivity contribution is 5.90. The molecule has 2 aromatic rings. The Morgan fingerprint density at radius 1 is 1.06 bits per heavy atom. The zero-order valence-corrected chi connectivity index (χ0v) is 18.8. The number of likely N-dealkylation sites (tertiary alicyclic amines) is 1. The summed E-state index contributed by atoms with van der Waals surface area (Å²) in [5, 5.41) is 5.87. The lowest BCUT2D eigenvalue weighted by Gasteiger charge is -2.32. The molecule has 1 saturated heterocycles. The predicted molar refractivity (Wildman–Crippen MR) is 126 cm³/mol. The second-order valence-electron chi connectivity index (χ2n) is 8.42. The number of likely N-dealkylation sites (N-methyl/N-ethyl adjacent to an activating group) is 1. The average molecular weight is 428 g/mol. The summed E-state index contributed by atoms with van der Waals surface area (Å²) in [5.74, 6) is 1.33. The summed E-state index contributed by atoms with van der Waals surface area (Å²) in [6.45, 7) is 6.40. The zero-order valence-electron chi connectivity index (χ0n) is 18.8. The first-order valence-corrected chi connectivity index (χ1v) is 11.0. The summed E-state index contributed by atoms with van der Waals surface area (Å²) in [6.07, 6.45) is 1.83.